The molecule has 0 unspecified atom stereocenters. The molecule has 2 aromatic rings. The van der Waals surface area contributed by atoms with E-state index in [4.69, 9.17) is 9.15 Å². The Balaban J connectivity index is 1.50. The van der Waals surface area contributed by atoms with Crippen molar-refractivity contribution >= 4 is 0 Å². The van der Waals surface area contributed by atoms with Crippen molar-refractivity contribution in [2.75, 3.05) is 26.7 Å². The SMILES string of the molecule is COc1cccc([C@]23CCCC[C@H]2CN(CCc2ccco2)CC3)c1. The van der Waals surface area contributed by atoms with Gasteiger partial charge in [-0.25, -0.2) is 0 Å². The molecule has 0 radical (unpaired) electrons. The first-order chi connectivity index (χ1) is 12.3. The maximum atomic E-state index is 5.51. The maximum Gasteiger partial charge on any atom is 0.119 e. The molecule has 4 rings (SSSR count). The molecule has 25 heavy (non-hydrogen) atoms. The summed E-state index contributed by atoms with van der Waals surface area (Å²) < 4.78 is 11.0. The molecule has 2 aliphatic rings. The van der Waals surface area contributed by atoms with Crippen LogP contribution in [0.4, 0.5) is 0 Å². The second kappa shape index (κ2) is 7.25. The molecular weight excluding hydrogens is 310 g/mol. The number of rotatable bonds is 5. The molecule has 1 saturated heterocycles. The molecule has 2 atom stereocenters. The molecule has 0 N–H and O–H groups in total. The predicted octanol–water partition coefficient (Wildman–Crippen LogP) is 4.66. The van der Waals surface area contributed by atoms with Gasteiger partial charge in [0.2, 0.25) is 0 Å². The van der Waals surface area contributed by atoms with Crippen molar-refractivity contribution in [1.29, 1.82) is 0 Å². The number of piperidine rings is 1. The van der Waals surface area contributed by atoms with Crippen LogP contribution in [-0.2, 0) is 11.8 Å². The van der Waals surface area contributed by atoms with Crippen LogP contribution in [0, 0.1) is 5.92 Å². The number of hydrogen-bond acceptors (Lipinski definition) is 3. The molecule has 0 amide bonds. The molecule has 1 aromatic heterocycles. The van der Waals surface area contributed by atoms with Gasteiger partial charge in [-0.3, -0.25) is 0 Å². The van der Waals surface area contributed by atoms with Crippen molar-refractivity contribution in [1.82, 2.24) is 4.90 Å². The summed E-state index contributed by atoms with van der Waals surface area (Å²) in [6.07, 6.45) is 9.49. The van der Waals surface area contributed by atoms with Crippen molar-refractivity contribution in [3.05, 3.63) is 54.0 Å². The molecule has 3 heteroatoms. The van der Waals surface area contributed by atoms with Crippen molar-refractivity contribution in [2.24, 2.45) is 5.92 Å². The topological polar surface area (TPSA) is 25.6 Å². The van der Waals surface area contributed by atoms with Crippen molar-refractivity contribution in [3.63, 3.8) is 0 Å². The summed E-state index contributed by atoms with van der Waals surface area (Å²) >= 11 is 0. The third-order valence-electron chi connectivity index (χ3n) is 6.46. The van der Waals surface area contributed by atoms with E-state index in [2.05, 4.69) is 35.2 Å². The molecule has 1 aliphatic heterocycles. The van der Waals surface area contributed by atoms with Crippen molar-refractivity contribution in [3.8, 4) is 5.75 Å². The van der Waals surface area contributed by atoms with E-state index in [9.17, 15) is 0 Å². The lowest BCUT2D eigenvalue weighted by atomic mass is 9.59. The number of ether oxygens (including phenoxy) is 1. The van der Waals surface area contributed by atoms with Crippen LogP contribution in [0.5, 0.6) is 5.75 Å². The lowest BCUT2D eigenvalue weighted by molar-refractivity contribution is 0.0561. The maximum absolute atomic E-state index is 5.51. The van der Waals surface area contributed by atoms with E-state index >= 15 is 0 Å². The van der Waals surface area contributed by atoms with Gasteiger partial charge in [0.25, 0.3) is 0 Å². The number of fused-ring (bicyclic) bond motifs is 1. The average Bonchev–Trinajstić information content (AvgIpc) is 3.20. The minimum Gasteiger partial charge on any atom is -0.497 e. The zero-order valence-corrected chi connectivity index (χ0v) is 15.2. The van der Waals surface area contributed by atoms with Crippen LogP contribution in [0.25, 0.3) is 0 Å². The Labute approximate surface area is 151 Å². The fourth-order valence-electron chi connectivity index (χ4n) is 5.05. The van der Waals surface area contributed by atoms with E-state index in [0.29, 0.717) is 5.41 Å². The third-order valence-corrected chi connectivity index (χ3v) is 6.46. The first kappa shape index (κ1) is 16.7. The van der Waals surface area contributed by atoms with Gasteiger partial charge in [0.1, 0.15) is 11.5 Å². The quantitative estimate of drug-likeness (QED) is 0.792. The number of methoxy groups -OCH3 is 1. The van der Waals surface area contributed by atoms with Gasteiger partial charge in [-0.05, 0) is 61.6 Å². The third kappa shape index (κ3) is 3.35. The monoisotopic (exact) mass is 339 g/mol. The van der Waals surface area contributed by atoms with Gasteiger partial charge in [-0.2, -0.15) is 0 Å². The molecule has 0 spiro atoms. The van der Waals surface area contributed by atoms with E-state index in [1.165, 1.54) is 50.8 Å². The fourth-order valence-corrected chi connectivity index (χ4v) is 5.05. The molecule has 1 saturated carbocycles. The summed E-state index contributed by atoms with van der Waals surface area (Å²) in [7, 11) is 1.77. The molecule has 2 heterocycles. The second-order valence-corrected chi connectivity index (χ2v) is 7.71. The number of hydrogen-bond donors (Lipinski definition) is 0. The normalized spacial score (nSPS) is 27.0. The van der Waals surface area contributed by atoms with Crippen LogP contribution in [0.1, 0.15) is 43.4 Å². The minimum atomic E-state index is 0.355. The summed E-state index contributed by atoms with van der Waals surface area (Å²) in [5.41, 5.74) is 1.86. The average molecular weight is 339 g/mol. The molecule has 1 aliphatic carbocycles. The number of nitrogens with zero attached hydrogens (tertiary/aromatic N) is 1. The fraction of sp³-hybridized carbons (Fsp3) is 0.545. The summed E-state index contributed by atoms with van der Waals surface area (Å²) in [6.45, 7) is 3.52. The summed E-state index contributed by atoms with van der Waals surface area (Å²) in [5, 5.41) is 0. The number of benzene rings is 1. The Morgan fingerprint density at radius 1 is 1.20 bits per heavy atom. The van der Waals surface area contributed by atoms with Crippen LogP contribution in [0.3, 0.4) is 0 Å². The minimum absolute atomic E-state index is 0.355. The van der Waals surface area contributed by atoms with E-state index < -0.39 is 0 Å². The second-order valence-electron chi connectivity index (χ2n) is 7.71. The zero-order chi connectivity index (χ0) is 17.1. The molecule has 134 valence electrons. The highest BCUT2D eigenvalue weighted by molar-refractivity contribution is 5.35. The van der Waals surface area contributed by atoms with Gasteiger partial charge in [-0.15, -0.1) is 0 Å². The Hall–Kier alpha value is -1.74. The van der Waals surface area contributed by atoms with Crippen LogP contribution >= 0.6 is 0 Å². The summed E-state index contributed by atoms with van der Waals surface area (Å²) in [6, 6.07) is 12.9. The predicted molar refractivity (Wildman–Crippen MR) is 100 cm³/mol. The van der Waals surface area contributed by atoms with E-state index in [1.54, 1.807) is 13.4 Å². The molecule has 0 bridgehead atoms. The van der Waals surface area contributed by atoms with Gasteiger partial charge in [0, 0.05) is 24.9 Å². The molecule has 3 nitrogen and oxygen atoms in total. The van der Waals surface area contributed by atoms with Crippen LogP contribution in [0.15, 0.2) is 47.1 Å². The molecule has 2 fully saturated rings. The largest absolute Gasteiger partial charge is 0.497 e. The number of furan rings is 1. The Morgan fingerprint density at radius 3 is 3.00 bits per heavy atom. The van der Waals surface area contributed by atoms with Crippen molar-refractivity contribution < 1.29 is 9.15 Å². The van der Waals surface area contributed by atoms with Crippen LogP contribution < -0.4 is 4.74 Å². The molecule has 1 aromatic carbocycles. The summed E-state index contributed by atoms with van der Waals surface area (Å²) in [5.74, 6) is 2.86. The van der Waals surface area contributed by atoms with Gasteiger partial charge in [-0.1, -0.05) is 25.0 Å². The standard InChI is InChI=1S/C22H29NO2/c1-24-21-8-4-7-18(16-21)22-11-3-2-6-19(22)17-23(14-12-22)13-10-20-9-5-15-25-20/h4-5,7-9,15-16,19H,2-3,6,10-14,17H2,1H3/t19-,22+/m0/s1. The lowest BCUT2D eigenvalue weighted by Gasteiger charge is -2.51. The Morgan fingerprint density at radius 2 is 2.16 bits per heavy atom. The van der Waals surface area contributed by atoms with Crippen LogP contribution in [-0.4, -0.2) is 31.6 Å². The highest BCUT2D eigenvalue weighted by atomic mass is 16.5. The molecular formula is C22H29NO2. The van der Waals surface area contributed by atoms with Crippen molar-refractivity contribution in [2.45, 2.75) is 43.9 Å². The van der Waals surface area contributed by atoms with E-state index in [-0.39, 0.29) is 0 Å². The highest BCUT2D eigenvalue weighted by Gasteiger charge is 2.45. The van der Waals surface area contributed by atoms with Crippen LogP contribution in [0.2, 0.25) is 0 Å². The van der Waals surface area contributed by atoms with E-state index in [0.717, 1.165) is 30.4 Å². The number of likely N-dealkylation sites (tertiary alicyclic amines) is 1. The first-order valence-electron chi connectivity index (χ1n) is 9.69. The smallest absolute Gasteiger partial charge is 0.119 e. The zero-order valence-electron chi connectivity index (χ0n) is 15.2. The van der Waals surface area contributed by atoms with Gasteiger partial charge >= 0.3 is 0 Å². The summed E-state index contributed by atoms with van der Waals surface area (Å²) in [4.78, 5) is 2.65. The first-order valence-corrected chi connectivity index (χ1v) is 9.69. The van der Waals surface area contributed by atoms with E-state index in [1.807, 2.05) is 6.07 Å². The van der Waals surface area contributed by atoms with Gasteiger partial charge < -0.3 is 14.1 Å². The Bertz CT molecular complexity index is 681. The van der Waals surface area contributed by atoms with Gasteiger partial charge in [0.05, 0.1) is 13.4 Å². The van der Waals surface area contributed by atoms with Gasteiger partial charge in [0.15, 0.2) is 0 Å². The highest BCUT2D eigenvalue weighted by Crippen LogP contribution is 2.49. The lowest BCUT2D eigenvalue weighted by Crippen LogP contribution is -2.51. The Kier molecular flexibility index (Phi) is 4.85.